The van der Waals surface area contributed by atoms with Crippen molar-refractivity contribution < 1.29 is 9.59 Å². The van der Waals surface area contributed by atoms with Crippen LogP contribution in [0.3, 0.4) is 0 Å². The van der Waals surface area contributed by atoms with Gasteiger partial charge in [-0.05, 0) is 61.8 Å². The molecule has 2 fully saturated rings. The van der Waals surface area contributed by atoms with Crippen molar-refractivity contribution in [1.29, 1.82) is 0 Å². The number of rotatable bonds is 9. The molecule has 1 saturated heterocycles. The van der Waals surface area contributed by atoms with Crippen LogP contribution in [0.1, 0.15) is 61.9 Å². The fraction of sp³-hybridized carbons (Fsp3) is 0.485. The van der Waals surface area contributed by atoms with E-state index in [2.05, 4.69) is 17.1 Å². The SMILES string of the molecule is Cn1ccnc1CN(CCc1ccc(Cl)cc1)C(=O)C1(Cc2ccccc2)CCN(C(=O)C2CCCCC2)CC1. The molecule has 6 nitrogen and oxygen atoms in total. The third-order valence-corrected chi connectivity index (χ3v) is 9.20. The van der Waals surface area contributed by atoms with Gasteiger partial charge < -0.3 is 14.4 Å². The van der Waals surface area contributed by atoms with E-state index in [4.69, 9.17) is 11.6 Å². The highest BCUT2D eigenvalue weighted by Crippen LogP contribution is 2.39. The summed E-state index contributed by atoms with van der Waals surface area (Å²) in [7, 11) is 1.97. The molecule has 1 saturated carbocycles. The number of hydrogen-bond donors (Lipinski definition) is 0. The van der Waals surface area contributed by atoms with E-state index >= 15 is 0 Å². The number of hydrogen-bond acceptors (Lipinski definition) is 3. The molecule has 1 aliphatic carbocycles. The van der Waals surface area contributed by atoms with E-state index in [0.29, 0.717) is 56.4 Å². The zero-order valence-electron chi connectivity index (χ0n) is 23.6. The van der Waals surface area contributed by atoms with E-state index in [1.165, 1.54) is 6.42 Å². The van der Waals surface area contributed by atoms with Gasteiger partial charge in [0.2, 0.25) is 11.8 Å². The zero-order valence-corrected chi connectivity index (χ0v) is 24.4. The lowest BCUT2D eigenvalue weighted by Crippen LogP contribution is -2.53. The topological polar surface area (TPSA) is 58.4 Å². The number of halogens is 1. The van der Waals surface area contributed by atoms with Gasteiger partial charge in [-0.2, -0.15) is 0 Å². The predicted molar refractivity (Wildman–Crippen MR) is 159 cm³/mol. The van der Waals surface area contributed by atoms with Crippen molar-refractivity contribution in [3.63, 3.8) is 0 Å². The quantitative estimate of drug-likeness (QED) is 0.319. The Morgan fingerprint density at radius 2 is 1.68 bits per heavy atom. The Morgan fingerprint density at radius 1 is 0.975 bits per heavy atom. The molecule has 0 spiro atoms. The van der Waals surface area contributed by atoms with Gasteiger partial charge in [0.25, 0.3) is 0 Å². The minimum Gasteiger partial charge on any atom is -0.342 e. The van der Waals surface area contributed by atoms with Crippen LogP contribution in [0.4, 0.5) is 0 Å². The summed E-state index contributed by atoms with van der Waals surface area (Å²) in [5.41, 5.74) is 1.75. The van der Waals surface area contributed by atoms with Gasteiger partial charge in [-0.1, -0.05) is 73.3 Å². The molecule has 7 heteroatoms. The second kappa shape index (κ2) is 13.0. The van der Waals surface area contributed by atoms with Crippen LogP contribution in [-0.4, -0.2) is 50.8 Å². The molecule has 0 atom stereocenters. The maximum absolute atomic E-state index is 14.7. The van der Waals surface area contributed by atoms with Crippen molar-refractivity contribution in [1.82, 2.24) is 19.4 Å². The number of amides is 2. The summed E-state index contributed by atoms with van der Waals surface area (Å²) in [4.78, 5) is 36.6. The van der Waals surface area contributed by atoms with Crippen LogP contribution >= 0.6 is 11.6 Å². The highest BCUT2D eigenvalue weighted by Gasteiger charge is 2.45. The van der Waals surface area contributed by atoms with Gasteiger partial charge in [-0.25, -0.2) is 4.98 Å². The van der Waals surface area contributed by atoms with Crippen LogP contribution in [0, 0.1) is 11.3 Å². The van der Waals surface area contributed by atoms with Gasteiger partial charge in [0.15, 0.2) is 0 Å². The van der Waals surface area contributed by atoms with E-state index in [9.17, 15) is 9.59 Å². The summed E-state index contributed by atoms with van der Waals surface area (Å²) in [5, 5.41) is 0.709. The first kappa shape index (κ1) is 28.4. The minimum atomic E-state index is -0.560. The van der Waals surface area contributed by atoms with Crippen molar-refractivity contribution in [2.75, 3.05) is 19.6 Å². The summed E-state index contributed by atoms with van der Waals surface area (Å²) in [5.74, 6) is 1.49. The van der Waals surface area contributed by atoms with Crippen LogP contribution in [0.15, 0.2) is 67.0 Å². The Morgan fingerprint density at radius 3 is 2.33 bits per heavy atom. The molecule has 0 bridgehead atoms. The Hall–Kier alpha value is -3.12. The summed E-state index contributed by atoms with van der Waals surface area (Å²) in [6.45, 7) is 2.33. The molecule has 2 aliphatic rings. The largest absolute Gasteiger partial charge is 0.342 e. The molecular formula is C33H41ClN4O2. The summed E-state index contributed by atoms with van der Waals surface area (Å²) in [6, 6.07) is 18.2. The van der Waals surface area contributed by atoms with Gasteiger partial charge in [-0.3, -0.25) is 9.59 Å². The molecule has 0 N–H and O–H groups in total. The van der Waals surface area contributed by atoms with Gasteiger partial charge in [-0.15, -0.1) is 0 Å². The second-order valence-corrected chi connectivity index (χ2v) is 12.1. The lowest BCUT2D eigenvalue weighted by Gasteiger charge is -2.44. The van der Waals surface area contributed by atoms with Crippen LogP contribution in [-0.2, 0) is 36.0 Å². The van der Waals surface area contributed by atoms with E-state index < -0.39 is 5.41 Å². The highest BCUT2D eigenvalue weighted by atomic mass is 35.5. The van der Waals surface area contributed by atoms with Crippen molar-refractivity contribution in [2.45, 2.75) is 64.3 Å². The first-order valence-corrected chi connectivity index (χ1v) is 15.1. The Bertz CT molecular complexity index is 1260. The molecule has 2 amide bonds. The fourth-order valence-corrected chi connectivity index (χ4v) is 6.56. The first-order chi connectivity index (χ1) is 19.4. The molecule has 0 radical (unpaired) electrons. The normalized spacial score (nSPS) is 17.5. The lowest BCUT2D eigenvalue weighted by molar-refractivity contribution is -0.150. The molecule has 1 aromatic heterocycles. The number of benzene rings is 2. The number of aryl methyl sites for hydroxylation is 1. The molecular weight excluding hydrogens is 520 g/mol. The average Bonchev–Trinajstić information content (AvgIpc) is 3.40. The minimum absolute atomic E-state index is 0.158. The van der Waals surface area contributed by atoms with Crippen molar-refractivity contribution in [3.8, 4) is 0 Å². The maximum atomic E-state index is 14.7. The number of piperidine rings is 1. The summed E-state index contributed by atoms with van der Waals surface area (Å²) in [6.07, 6.45) is 12.0. The Kier molecular flexibility index (Phi) is 9.25. The molecule has 1 aliphatic heterocycles. The van der Waals surface area contributed by atoms with Gasteiger partial charge in [0.1, 0.15) is 5.82 Å². The van der Waals surface area contributed by atoms with Crippen molar-refractivity contribution in [3.05, 3.63) is 89.0 Å². The van der Waals surface area contributed by atoms with E-state index in [0.717, 1.165) is 49.1 Å². The summed E-state index contributed by atoms with van der Waals surface area (Å²) < 4.78 is 1.98. The molecule has 5 rings (SSSR count). The van der Waals surface area contributed by atoms with Gasteiger partial charge >= 0.3 is 0 Å². The summed E-state index contributed by atoms with van der Waals surface area (Å²) >= 11 is 6.11. The molecule has 212 valence electrons. The first-order valence-electron chi connectivity index (χ1n) is 14.8. The third kappa shape index (κ3) is 6.77. The molecule has 2 aromatic carbocycles. The molecule has 2 heterocycles. The predicted octanol–water partition coefficient (Wildman–Crippen LogP) is 6.08. The number of nitrogens with zero attached hydrogens (tertiary/aromatic N) is 4. The lowest BCUT2D eigenvalue weighted by atomic mass is 9.72. The Labute approximate surface area is 243 Å². The van der Waals surface area contributed by atoms with Crippen LogP contribution in [0.25, 0.3) is 0 Å². The maximum Gasteiger partial charge on any atom is 0.229 e. The van der Waals surface area contributed by atoms with Gasteiger partial charge in [0, 0.05) is 50.0 Å². The van der Waals surface area contributed by atoms with Crippen LogP contribution in [0.2, 0.25) is 5.02 Å². The average molecular weight is 561 g/mol. The highest BCUT2D eigenvalue weighted by molar-refractivity contribution is 6.30. The number of carbonyl (C=O) groups excluding carboxylic acids is 2. The fourth-order valence-electron chi connectivity index (χ4n) is 6.44. The van der Waals surface area contributed by atoms with Crippen molar-refractivity contribution >= 4 is 23.4 Å². The van der Waals surface area contributed by atoms with Gasteiger partial charge in [0.05, 0.1) is 12.0 Å². The third-order valence-electron chi connectivity index (χ3n) is 8.95. The number of likely N-dealkylation sites (tertiary alicyclic amines) is 1. The number of carbonyl (C=O) groups is 2. The molecule has 3 aromatic rings. The standard InChI is InChI=1S/C33H41ClN4O2/c1-36-23-19-35-30(36)25-38(20-16-26-12-14-29(34)15-13-26)32(40)33(24-27-8-4-2-5-9-27)17-21-37(22-18-33)31(39)28-10-6-3-7-11-28/h2,4-5,8-9,12-15,19,23,28H,3,6-7,10-11,16-18,20-22,24-25H2,1H3. The zero-order chi connectivity index (χ0) is 28.0. The smallest absolute Gasteiger partial charge is 0.229 e. The van der Waals surface area contributed by atoms with Crippen molar-refractivity contribution in [2.24, 2.45) is 18.4 Å². The van der Waals surface area contributed by atoms with E-state index in [1.54, 1.807) is 6.20 Å². The number of aromatic nitrogens is 2. The van der Waals surface area contributed by atoms with E-state index in [1.807, 2.05) is 70.1 Å². The van der Waals surface area contributed by atoms with E-state index in [-0.39, 0.29) is 11.8 Å². The second-order valence-electron chi connectivity index (χ2n) is 11.7. The van der Waals surface area contributed by atoms with Crippen LogP contribution in [0.5, 0.6) is 0 Å². The number of imidazole rings is 1. The van der Waals surface area contributed by atoms with Crippen LogP contribution < -0.4 is 0 Å². The molecule has 40 heavy (non-hydrogen) atoms. The monoisotopic (exact) mass is 560 g/mol. The molecule has 0 unspecified atom stereocenters. The Balaban J connectivity index is 1.38.